The van der Waals surface area contributed by atoms with Crippen molar-refractivity contribution in [2.75, 3.05) is 0 Å². The maximum atomic E-state index is 12.6. The molecule has 4 nitrogen and oxygen atoms in total. The first-order chi connectivity index (χ1) is 33.5. The summed E-state index contributed by atoms with van der Waals surface area (Å²) in [6, 6.07) is 51.0. The van der Waals surface area contributed by atoms with Gasteiger partial charge in [0.1, 0.15) is 11.6 Å². The number of aromatic nitrogens is 3. The van der Waals surface area contributed by atoms with Crippen LogP contribution in [0.25, 0.3) is 72.7 Å². The van der Waals surface area contributed by atoms with Crippen LogP contribution in [-0.4, -0.2) is 19.6 Å². The van der Waals surface area contributed by atoms with E-state index in [-0.39, 0.29) is 43.1 Å². The number of benzene rings is 6. The predicted octanol–water partition coefficient (Wildman–Crippen LogP) is 17.9. The van der Waals surface area contributed by atoms with Gasteiger partial charge in [0, 0.05) is 44.1 Å². The van der Waals surface area contributed by atoms with Gasteiger partial charge in [0.2, 0.25) is 0 Å². The van der Waals surface area contributed by atoms with E-state index >= 15 is 0 Å². The summed E-state index contributed by atoms with van der Waals surface area (Å²) in [5.74, 6) is 2.38. The van der Waals surface area contributed by atoms with E-state index in [1.165, 1.54) is 80.0 Å². The van der Waals surface area contributed by atoms with Crippen molar-refractivity contribution < 1.29 is 26.2 Å². The van der Waals surface area contributed by atoms with Crippen molar-refractivity contribution in [2.24, 2.45) is 5.92 Å². The molecular weight excluding hydrogens is 1050 g/mol. The van der Waals surface area contributed by atoms with Gasteiger partial charge in [-0.05, 0) is 111 Å². The Morgan fingerprint density at radius 1 is 0.577 bits per heavy atom. The van der Waals surface area contributed by atoms with Gasteiger partial charge in [-0.2, -0.15) is 0 Å². The molecule has 0 spiro atoms. The summed E-state index contributed by atoms with van der Waals surface area (Å²) < 4.78 is 2.33. The molecule has 2 aromatic heterocycles. The van der Waals surface area contributed by atoms with Gasteiger partial charge < -0.3 is 5.11 Å². The van der Waals surface area contributed by atoms with Crippen LogP contribution in [0, 0.1) is 12.0 Å². The van der Waals surface area contributed by atoms with Gasteiger partial charge in [0.05, 0.1) is 22.3 Å². The molecule has 2 saturated carbocycles. The van der Waals surface area contributed by atoms with E-state index in [4.69, 9.17) is 9.97 Å². The predicted molar refractivity (Wildman–Crippen MR) is 294 cm³/mol. The van der Waals surface area contributed by atoms with Gasteiger partial charge in [0.25, 0.3) is 0 Å². The molecule has 5 heteroatoms. The summed E-state index contributed by atoms with van der Waals surface area (Å²) in [5, 5.41) is 12.6. The van der Waals surface area contributed by atoms with Crippen LogP contribution in [0.3, 0.4) is 0 Å². The zero-order chi connectivity index (χ0) is 49.0. The number of hydrogen-bond donors (Lipinski definition) is 1. The molecule has 6 aromatic carbocycles. The first-order valence-corrected chi connectivity index (χ1v) is 26.2. The summed E-state index contributed by atoms with van der Waals surface area (Å²) in [4.78, 5) is 10.7. The van der Waals surface area contributed by atoms with Crippen molar-refractivity contribution in [1.29, 1.82) is 0 Å². The number of rotatable bonds is 9. The number of phenols is 1. The van der Waals surface area contributed by atoms with E-state index in [0.717, 1.165) is 84.8 Å². The third-order valence-electron chi connectivity index (χ3n) is 15.5. The monoisotopic (exact) mass is 1120 g/mol. The van der Waals surface area contributed by atoms with Crippen molar-refractivity contribution in [1.82, 2.24) is 14.5 Å². The third kappa shape index (κ3) is 10.5. The van der Waals surface area contributed by atoms with Crippen LogP contribution in [0.4, 0.5) is 0 Å². The number of fused-ring (bicyclic) bond motifs is 1. The molecule has 0 atom stereocenters. The number of hydrogen-bond acceptors (Lipinski definition) is 3. The zero-order valence-electron chi connectivity index (χ0n) is 43.5. The van der Waals surface area contributed by atoms with Crippen LogP contribution in [0.2, 0.25) is 0 Å². The molecule has 2 heterocycles. The van der Waals surface area contributed by atoms with Gasteiger partial charge in [0.15, 0.2) is 0 Å². The van der Waals surface area contributed by atoms with E-state index in [1.54, 1.807) is 0 Å². The number of imidazole rings is 1. The van der Waals surface area contributed by atoms with Crippen LogP contribution >= 0.6 is 0 Å². The Hall–Kier alpha value is -5.57. The zero-order valence-corrected chi connectivity index (χ0v) is 45.8. The number of para-hydroxylation sites is 1. The van der Waals surface area contributed by atoms with E-state index in [1.807, 2.05) is 6.20 Å². The molecular formula is C66H72N3OPt-. The Bertz CT molecular complexity index is 3170. The fourth-order valence-corrected chi connectivity index (χ4v) is 11.3. The summed E-state index contributed by atoms with van der Waals surface area (Å²) >= 11 is 0. The Morgan fingerprint density at radius 2 is 1.25 bits per heavy atom. The molecule has 10 rings (SSSR count). The quantitative estimate of drug-likeness (QED) is 0.147. The minimum atomic E-state index is -0.318. The standard InChI is InChI=1S/C66H72N3O.Pt/c1-64(2,3)52-38-50(37-51(39-52)58-40-49(33-34-67-58)47-30-28-46(29-31-47)45-21-12-10-13-22-45)54-25-18-26-60-61(54)68-63(56-41-53(65(4,5)6)42-57(62(56)70)66(7,8)9)69(60)59-32-27-44(35-43-19-16-17-20-43)36-55(59)48-23-14-11-15-24-48;/h11,14-15,18,23-34,36,38-43,45,70H,10,12-13,16-17,19-22,35H2,1-9H3;/q-1;. The van der Waals surface area contributed by atoms with Gasteiger partial charge in [-0.3, -0.25) is 9.55 Å². The minimum absolute atomic E-state index is 0. The Labute approximate surface area is 438 Å². The number of aromatic hydroxyl groups is 1. The number of pyridine rings is 1. The molecule has 2 aliphatic carbocycles. The normalized spacial score (nSPS) is 15.1. The molecule has 0 amide bonds. The molecule has 8 aromatic rings. The molecule has 1 N–H and O–H groups in total. The fourth-order valence-electron chi connectivity index (χ4n) is 11.3. The van der Waals surface area contributed by atoms with Crippen molar-refractivity contribution >= 4 is 11.0 Å². The number of nitrogens with zero attached hydrogens (tertiary/aromatic N) is 3. The molecule has 0 radical (unpaired) electrons. The molecule has 0 aliphatic heterocycles. The van der Waals surface area contributed by atoms with Gasteiger partial charge in [-0.1, -0.05) is 203 Å². The largest absolute Gasteiger partial charge is 0.507 e. The summed E-state index contributed by atoms with van der Waals surface area (Å²) in [6.45, 7) is 20.1. The molecule has 0 bridgehead atoms. The first-order valence-electron chi connectivity index (χ1n) is 26.2. The van der Waals surface area contributed by atoms with Gasteiger partial charge in [-0.15, -0.1) is 29.3 Å². The Balaban J connectivity index is 0.00000624. The summed E-state index contributed by atoms with van der Waals surface area (Å²) in [6.07, 6.45) is 14.9. The van der Waals surface area contributed by atoms with Crippen molar-refractivity contribution in [3.05, 3.63) is 167 Å². The van der Waals surface area contributed by atoms with Crippen LogP contribution in [0.5, 0.6) is 5.75 Å². The van der Waals surface area contributed by atoms with E-state index in [9.17, 15) is 5.11 Å². The second-order valence-corrected chi connectivity index (χ2v) is 23.8. The van der Waals surface area contributed by atoms with Crippen molar-refractivity contribution in [3.8, 4) is 67.5 Å². The topological polar surface area (TPSA) is 50.9 Å². The molecule has 368 valence electrons. The smallest absolute Gasteiger partial charge is 0.148 e. The molecule has 0 saturated heterocycles. The second kappa shape index (κ2) is 20.1. The van der Waals surface area contributed by atoms with Crippen LogP contribution in [0.15, 0.2) is 134 Å². The van der Waals surface area contributed by atoms with E-state index < -0.39 is 0 Å². The van der Waals surface area contributed by atoms with Crippen LogP contribution < -0.4 is 0 Å². The van der Waals surface area contributed by atoms with Gasteiger partial charge in [-0.25, -0.2) is 4.98 Å². The molecule has 71 heavy (non-hydrogen) atoms. The number of phenolic OH excluding ortho intramolecular Hbond substituents is 1. The fraction of sp³-hybridized carbons (Fsp3) is 0.364. The minimum Gasteiger partial charge on any atom is -0.507 e. The molecule has 0 unspecified atom stereocenters. The van der Waals surface area contributed by atoms with Crippen molar-refractivity contribution in [3.63, 3.8) is 0 Å². The van der Waals surface area contributed by atoms with E-state index in [0.29, 0.717) is 11.7 Å². The third-order valence-corrected chi connectivity index (χ3v) is 15.5. The summed E-state index contributed by atoms with van der Waals surface area (Å²) in [7, 11) is 0. The summed E-state index contributed by atoms with van der Waals surface area (Å²) in [5.41, 5.74) is 17.5. The van der Waals surface area contributed by atoms with E-state index in [2.05, 4.69) is 200 Å². The maximum absolute atomic E-state index is 12.6. The molecule has 2 aliphatic rings. The van der Waals surface area contributed by atoms with Crippen LogP contribution in [0.1, 0.15) is 154 Å². The first kappa shape index (κ1) is 50.4. The maximum Gasteiger partial charge on any atom is 0.148 e. The average Bonchev–Trinajstić information content (AvgIpc) is 4.02. The average molecular weight is 1120 g/mol. The second-order valence-electron chi connectivity index (χ2n) is 23.8. The van der Waals surface area contributed by atoms with Gasteiger partial charge >= 0.3 is 0 Å². The Morgan fingerprint density at radius 3 is 1.94 bits per heavy atom. The van der Waals surface area contributed by atoms with Crippen molar-refractivity contribution in [2.45, 2.75) is 149 Å². The molecule has 2 fully saturated rings. The SMILES string of the molecule is CC(C)(C)c1cc(-c2cc(-c3ccc(C4CCCCC4)cc3)ccn2)[c-]c(-c2cccc3c2nc(-c2cc(C(C)(C)C)cc(C(C)(C)C)c2O)n3-c2ccc(CC3CCCC3)cc2-c2ccccc2)c1.[Pt]. The van der Waals surface area contributed by atoms with Crippen LogP contribution in [-0.2, 0) is 43.7 Å². The Kier molecular flexibility index (Phi) is 14.3.